The molecule has 0 aliphatic carbocycles. The lowest BCUT2D eigenvalue weighted by molar-refractivity contribution is 1.17. The van der Waals surface area contributed by atoms with E-state index in [2.05, 4.69) is 15.0 Å². The molecule has 0 saturated carbocycles. The van der Waals surface area contributed by atoms with Crippen LogP contribution >= 0.6 is 11.3 Å². The minimum atomic E-state index is 1.50. The lowest BCUT2D eigenvalue weighted by atomic mass is 10.7. The molecule has 4 heteroatoms. The molecule has 0 atom stereocenters. The van der Waals surface area contributed by atoms with Crippen molar-refractivity contribution in [1.29, 1.82) is 0 Å². The number of nitrogens with zero attached hydrogens (tertiary/aromatic N) is 3. The van der Waals surface area contributed by atoms with Crippen LogP contribution in [0.15, 0.2) is 41.9 Å². The number of hydrogen-bond acceptors (Lipinski definition) is 4. The van der Waals surface area contributed by atoms with Crippen LogP contribution in [-0.4, -0.2) is 15.0 Å². The second kappa shape index (κ2) is 5.49. The van der Waals surface area contributed by atoms with Gasteiger partial charge in [0.1, 0.15) is 6.33 Å². The monoisotopic (exact) mass is 165 g/mol. The maximum absolute atomic E-state index is 3.74. The van der Waals surface area contributed by atoms with E-state index in [4.69, 9.17) is 0 Å². The molecule has 2 rings (SSSR count). The Morgan fingerprint density at radius 2 is 1.73 bits per heavy atom. The third-order valence-corrected chi connectivity index (χ3v) is 1.35. The van der Waals surface area contributed by atoms with Gasteiger partial charge in [-0.25, -0.2) is 9.97 Å². The molecular formula is C7H7N3S. The minimum absolute atomic E-state index is 1.50. The summed E-state index contributed by atoms with van der Waals surface area (Å²) in [4.78, 5) is 11.1. The summed E-state index contributed by atoms with van der Waals surface area (Å²) in [7, 11) is 0. The summed E-state index contributed by atoms with van der Waals surface area (Å²) in [5.41, 5.74) is 1.79. The van der Waals surface area contributed by atoms with E-state index in [-0.39, 0.29) is 0 Å². The second-order valence-corrected chi connectivity index (χ2v) is 2.34. The first-order chi connectivity index (χ1) is 5.50. The van der Waals surface area contributed by atoms with E-state index in [0.29, 0.717) is 0 Å². The largest absolute Gasteiger partial charge is 0.253 e. The van der Waals surface area contributed by atoms with Gasteiger partial charge >= 0.3 is 0 Å². The van der Waals surface area contributed by atoms with Crippen LogP contribution in [-0.2, 0) is 0 Å². The van der Waals surface area contributed by atoms with Crippen LogP contribution in [0.2, 0.25) is 0 Å². The second-order valence-electron chi connectivity index (χ2n) is 1.58. The normalized spacial score (nSPS) is 8.00. The van der Waals surface area contributed by atoms with Crippen molar-refractivity contribution in [1.82, 2.24) is 15.0 Å². The van der Waals surface area contributed by atoms with Crippen molar-refractivity contribution < 1.29 is 0 Å². The Morgan fingerprint density at radius 3 is 1.91 bits per heavy atom. The molecule has 0 spiro atoms. The van der Waals surface area contributed by atoms with E-state index < -0.39 is 0 Å². The standard InChI is InChI=1S/C4H4N2.C3H3NS/c1-2-5-4-6-3-1;1-2-5-3-4-1/h1-4H;1-3H. The first kappa shape index (κ1) is 7.81. The quantitative estimate of drug-likeness (QED) is 0.595. The molecule has 56 valence electrons. The molecule has 0 saturated heterocycles. The summed E-state index contributed by atoms with van der Waals surface area (Å²) < 4.78 is 0. The number of aromatic nitrogens is 3. The zero-order chi connectivity index (χ0) is 7.78. The van der Waals surface area contributed by atoms with E-state index in [0.717, 1.165) is 0 Å². The molecule has 11 heavy (non-hydrogen) atoms. The van der Waals surface area contributed by atoms with Gasteiger partial charge in [-0.05, 0) is 6.07 Å². The van der Waals surface area contributed by atoms with E-state index in [1.165, 1.54) is 6.33 Å². The molecule has 2 aromatic heterocycles. The van der Waals surface area contributed by atoms with Gasteiger partial charge in [0.2, 0.25) is 0 Å². The predicted octanol–water partition coefficient (Wildman–Crippen LogP) is 1.62. The maximum atomic E-state index is 3.74. The van der Waals surface area contributed by atoms with E-state index in [1.54, 1.807) is 41.5 Å². The Hall–Kier alpha value is -1.29. The van der Waals surface area contributed by atoms with Gasteiger partial charge in [0.25, 0.3) is 0 Å². The molecule has 0 radical (unpaired) electrons. The van der Waals surface area contributed by atoms with Gasteiger partial charge < -0.3 is 0 Å². The Kier molecular flexibility index (Phi) is 3.90. The molecular weight excluding hydrogens is 158 g/mol. The van der Waals surface area contributed by atoms with Crippen LogP contribution in [0.4, 0.5) is 0 Å². The molecule has 0 aliphatic heterocycles. The van der Waals surface area contributed by atoms with E-state index >= 15 is 0 Å². The van der Waals surface area contributed by atoms with Crippen LogP contribution in [0.5, 0.6) is 0 Å². The van der Waals surface area contributed by atoms with Crippen molar-refractivity contribution in [2.75, 3.05) is 0 Å². The first-order valence-corrected chi connectivity index (χ1v) is 3.96. The Balaban J connectivity index is 0.000000112. The summed E-state index contributed by atoms with van der Waals surface area (Å²) in [5.74, 6) is 0. The van der Waals surface area contributed by atoms with Gasteiger partial charge in [0.05, 0.1) is 5.51 Å². The topological polar surface area (TPSA) is 38.7 Å². The minimum Gasteiger partial charge on any atom is -0.253 e. The lowest BCUT2D eigenvalue weighted by Gasteiger charge is -1.70. The summed E-state index contributed by atoms with van der Waals surface area (Å²) >= 11 is 1.60. The fourth-order valence-corrected chi connectivity index (χ4v) is 0.780. The molecule has 0 amide bonds. The highest BCUT2D eigenvalue weighted by molar-refractivity contribution is 7.07. The third-order valence-electron chi connectivity index (χ3n) is 0.825. The van der Waals surface area contributed by atoms with Crippen molar-refractivity contribution in [3.8, 4) is 0 Å². The van der Waals surface area contributed by atoms with Gasteiger partial charge in [-0.3, -0.25) is 4.98 Å². The van der Waals surface area contributed by atoms with Crippen LogP contribution in [0.3, 0.4) is 0 Å². The van der Waals surface area contributed by atoms with Crippen LogP contribution in [0, 0.1) is 0 Å². The highest BCUT2D eigenvalue weighted by Crippen LogP contribution is 1.85. The molecule has 0 fully saturated rings. The SMILES string of the molecule is c1cncnc1.c1cscn1. The van der Waals surface area contributed by atoms with Gasteiger partial charge in [-0.15, -0.1) is 11.3 Å². The van der Waals surface area contributed by atoms with E-state index in [1.807, 2.05) is 5.38 Å². The first-order valence-electron chi connectivity index (χ1n) is 3.02. The number of thiazole rings is 1. The highest BCUT2D eigenvalue weighted by Gasteiger charge is 1.59. The molecule has 0 aromatic carbocycles. The number of hydrogen-bond donors (Lipinski definition) is 0. The molecule has 0 unspecified atom stereocenters. The highest BCUT2D eigenvalue weighted by atomic mass is 32.1. The summed E-state index contributed by atoms with van der Waals surface area (Å²) in [6, 6.07) is 1.78. The number of rotatable bonds is 0. The van der Waals surface area contributed by atoms with Crippen molar-refractivity contribution in [2.45, 2.75) is 0 Å². The molecule has 0 bridgehead atoms. The zero-order valence-electron chi connectivity index (χ0n) is 5.79. The van der Waals surface area contributed by atoms with Crippen LogP contribution < -0.4 is 0 Å². The fourth-order valence-electron chi connectivity index (χ4n) is 0.429. The van der Waals surface area contributed by atoms with E-state index in [9.17, 15) is 0 Å². The average molecular weight is 165 g/mol. The Bertz CT molecular complexity index is 200. The summed E-state index contributed by atoms with van der Waals surface area (Å²) in [6.45, 7) is 0. The Labute approximate surface area is 68.8 Å². The van der Waals surface area contributed by atoms with Gasteiger partial charge in [0.15, 0.2) is 0 Å². The summed E-state index contributed by atoms with van der Waals surface area (Å²) in [6.07, 6.45) is 6.64. The van der Waals surface area contributed by atoms with Gasteiger partial charge in [-0.2, -0.15) is 0 Å². The Morgan fingerprint density at radius 1 is 0.909 bits per heavy atom. The van der Waals surface area contributed by atoms with Crippen LogP contribution in [0.1, 0.15) is 0 Å². The van der Waals surface area contributed by atoms with Crippen molar-refractivity contribution >= 4 is 11.3 Å². The average Bonchev–Trinajstić information content (AvgIpc) is 2.64. The molecule has 3 nitrogen and oxygen atoms in total. The fraction of sp³-hybridized carbons (Fsp3) is 0. The third kappa shape index (κ3) is 4.16. The van der Waals surface area contributed by atoms with Crippen molar-refractivity contribution in [2.24, 2.45) is 0 Å². The van der Waals surface area contributed by atoms with Crippen molar-refractivity contribution in [3.63, 3.8) is 0 Å². The molecule has 2 heterocycles. The summed E-state index contributed by atoms with van der Waals surface area (Å²) in [5, 5.41) is 1.93. The van der Waals surface area contributed by atoms with Crippen LogP contribution in [0.25, 0.3) is 0 Å². The molecule has 2 aromatic rings. The van der Waals surface area contributed by atoms with Crippen molar-refractivity contribution in [3.05, 3.63) is 41.9 Å². The lowest BCUT2D eigenvalue weighted by Crippen LogP contribution is -1.66. The van der Waals surface area contributed by atoms with Gasteiger partial charge in [-0.1, -0.05) is 0 Å². The molecule has 0 N–H and O–H groups in total. The van der Waals surface area contributed by atoms with Gasteiger partial charge in [0, 0.05) is 24.0 Å². The molecule has 0 aliphatic rings. The zero-order valence-corrected chi connectivity index (χ0v) is 6.61. The maximum Gasteiger partial charge on any atom is 0.115 e. The predicted molar refractivity (Wildman–Crippen MR) is 44.1 cm³/mol. The smallest absolute Gasteiger partial charge is 0.115 e.